The van der Waals surface area contributed by atoms with E-state index in [-0.39, 0.29) is 29.5 Å². The van der Waals surface area contributed by atoms with Crippen LogP contribution in [0.1, 0.15) is 16.1 Å². The summed E-state index contributed by atoms with van der Waals surface area (Å²) in [5, 5.41) is 3.59. The summed E-state index contributed by atoms with van der Waals surface area (Å²) in [7, 11) is 1.55. The second-order valence-electron chi connectivity index (χ2n) is 6.43. The van der Waals surface area contributed by atoms with Crippen molar-refractivity contribution in [2.45, 2.75) is 18.7 Å². The molecule has 0 saturated carbocycles. The van der Waals surface area contributed by atoms with Crippen LogP contribution >= 0.6 is 0 Å². The molecule has 3 atom stereocenters. The largest absolute Gasteiger partial charge is 0.371 e. The molecule has 0 spiro atoms. The SMILES string of the molecule is CO[C@@H]1C(=O)N(Cc2ccccc2)[C@@H]2CN(C(=O)c3ccno3)C[C@H]12. The lowest BCUT2D eigenvalue weighted by Gasteiger charge is -2.25. The molecule has 7 nitrogen and oxygen atoms in total. The van der Waals surface area contributed by atoms with E-state index in [1.54, 1.807) is 18.1 Å². The highest BCUT2D eigenvalue weighted by Crippen LogP contribution is 2.35. The van der Waals surface area contributed by atoms with Crippen molar-refractivity contribution >= 4 is 11.8 Å². The van der Waals surface area contributed by atoms with Crippen molar-refractivity contribution in [3.63, 3.8) is 0 Å². The van der Waals surface area contributed by atoms with Gasteiger partial charge in [0.1, 0.15) is 6.10 Å². The molecule has 2 fully saturated rings. The number of carbonyl (C=O) groups is 2. The van der Waals surface area contributed by atoms with E-state index in [2.05, 4.69) is 5.16 Å². The monoisotopic (exact) mass is 341 g/mol. The Balaban J connectivity index is 1.55. The minimum absolute atomic E-state index is 0.00637. The smallest absolute Gasteiger partial charge is 0.292 e. The van der Waals surface area contributed by atoms with Gasteiger partial charge < -0.3 is 19.1 Å². The van der Waals surface area contributed by atoms with Crippen molar-refractivity contribution in [2.24, 2.45) is 5.92 Å². The van der Waals surface area contributed by atoms with Crippen molar-refractivity contribution in [1.82, 2.24) is 15.0 Å². The maximum atomic E-state index is 12.7. The molecule has 0 unspecified atom stereocenters. The van der Waals surface area contributed by atoms with Crippen LogP contribution in [0.15, 0.2) is 47.1 Å². The van der Waals surface area contributed by atoms with Gasteiger partial charge in [-0.15, -0.1) is 0 Å². The highest BCUT2D eigenvalue weighted by molar-refractivity contribution is 5.92. The molecule has 2 saturated heterocycles. The van der Waals surface area contributed by atoms with Crippen molar-refractivity contribution in [3.8, 4) is 0 Å². The molecule has 2 aliphatic rings. The molecule has 0 N–H and O–H groups in total. The topological polar surface area (TPSA) is 75.9 Å². The molecular formula is C18H19N3O4. The van der Waals surface area contributed by atoms with Gasteiger partial charge in [0.05, 0.1) is 12.2 Å². The Morgan fingerprint density at radius 3 is 2.76 bits per heavy atom. The van der Waals surface area contributed by atoms with Gasteiger partial charge in [0.15, 0.2) is 0 Å². The summed E-state index contributed by atoms with van der Waals surface area (Å²) in [5.41, 5.74) is 1.06. The van der Waals surface area contributed by atoms with Gasteiger partial charge in [-0.05, 0) is 5.56 Å². The Kier molecular flexibility index (Phi) is 4.01. The number of fused-ring (bicyclic) bond motifs is 1. The van der Waals surface area contributed by atoms with Crippen molar-refractivity contribution in [3.05, 3.63) is 53.9 Å². The van der Waals surface area contributed by atoms with E-state index in [1.165, 1.54) is 6.20 Å². The third-order valence-corrected chi connectivity index (χ3v) is 5.03. The van der Waals surface area contributed by atoms with Gasteiger partial charge in [-0.1, -0.05) is 35.5 Å². The lowest BCUT2D eigenvalue weighted by molar-refractivity contribution is -0.138. The molecule has 0 bridgehead atoms. The lowest BCUT2D eigenvalue weighted by atomic mass is 10.0. The van der Waals surface area contributed by atoms with Crippen molar-refractivity contribution < 1.29 is 18.8 Å². The number of benzene rings is 1. The van der Waals surface area contributed by atoms with Gasteiger partial charge in [-0.25, -0.2) is 0 Å². The van der Waals surface area contributed by atoms with E-state index < -0.39 is 6.10 Å². The van der Waals surface area contributed by atoms with E-state index in [1.807, 2.05) is 35.2 Å². The third-order valence-electron chi connectivity index (χ3n) is 5.03. The van der Waals surface area contributed by atoms with E-state index in [9.17, 15) is 9.59 Å². The predicted molar refractivity (Wildman–Crippen MR) is 87.5 cm³/mol. The number of nitrogens with zero attached hydrogens (tertiary/aromatic N) is 3. The molecule has 25 heavy (non-hydrogen) atoms. The maximum Gasteiger partial charge on any atom is 0.292 e. The van der Waals surface area contributed by atoms with E-state index in [0.29, 0.717) is 19.6 Å². The fraction of sp³-hybridized carbons (Fsp3) is 0.389. The highest BCUT2D eigenvalue weighted by Gasteiger charge is 2.53. The second-order valence-corrected chi connectivity index (χ2v) is 6.43. The molecule has 0 radical (unpaired) electrons. The molecule has 130 valence electrons. The van der Waals surface area contributed by atoms with E-state index in [0.717, 1.165) is 5.56 Å². The number of hydrogen-bond donors (Lipinski definition) is 0. The summed E-state index contributed by atoms with van der Waals surface area (Å²) in [4.78, 5) is 28.8. The third kappa shape index (κ3) is 2.70. The number of carbonyl (C=O) groups excluding carboxylic acids is 2. The van der Waals surface area contributed by atoms with Crippen LogP contribution in [-0.4, -0.2) is 59.1 Å². The first-order valence-corrected chi connectivity index (χ1v) is 8.26. The van der Waals surface area contributed by atoms with Crippen LogP contribution in [0.4, 0.5) is 0 Å². The van der Waals surface area contributed by atoms with Crippen LogP contribution < -0.4 is 0 Å². The molecule has 7 heteroatoms. The minimum atomic E-state index is -0.513. The van der Waals surface area contributed by atoms with Gasteiger partial charge >= 0.3 is 0 Å². The minimum Gasteiger partial charge on any atom is -0.371 e. The Morgan fingerprint density at radius 2 is 2.08 bits per heavy atom. The number of rotatable bonds is 4. The lowest BCUT2D eigenvalue weighted by Crippen LogP contribution is -2.40. The first kappa shape index (κ1) is 15.8. The molecule has 2 aliphatic heterocycles. The molecule has 2 aromatic rings. The zero-order valence-electron chi connectivity index (χ0n) is 13.9. The first-order valence-electron chi connectivity index (χ1n) is 8.26. The average molecular weight is 341 g/mol. The average Bonchev–Trinajstić information content (AvgIpc) is 3.34. The fourth-order valence-electron chi connectivity index (χ4n) is 3.85. The first-order chi connectivity index (χ1) is 12.2. The number of methoxy groups -OCH3 is 1. The van der Waals surface area contributed by atoms with Crippen molar-refractivity contribution in [2.75, 3.05) is 20.2 Å². The number of hydrogen-bond acceptors (Lipinski definition) is 5. The molecule has 4 rings (SSSR count). The second kappa shape index (κ2) is 6.33. The fourth-order valence-corrected chi connectivity index (χ4v) is 3.85. The summed E-state index contributed by atoms with van der Waals surface area (Å²) >= 11 is 0. The predicted octanol–water partition coefficient (Wildman–Crippen LogP) is 1.17. The Hall–Kier alpha value is -2.67. The zero-order chi connectivity index (χ0) is 17.4. The number of aromatic nitrogens is 1. The number of ether oxygens (including phenoxy) is 1. The van der Waals surface area contributed by atoms with Gasteiger partial charge in [-0.3, -0.25) is 9.59 Å². The van der Waals surface area contributed by atoms with Gasteiger partial charge in [0, 0.05) is 38.7 Å². The van der Waals surface area contributed by atoms with Crippen LogP contribution in [-0.2, 0) is 16.1 Å². The molecule has 2 amide bonds. The normalized spacial score (nSPS) is 25.5. The molecular weight excluding hydrogens is 322 g/mol. The van der Waals surface area contributed by atoms with Gasteiger partial charge in [0.25, 0.3) is 11.8 Å². The number of likely N-dealkylation sites (tertiary alicyclic amines) is 2. The van der Waals surface area contributed by atoms with Gasteiger partial charge in [0.2, 0.25) is 5.76 Å². The summed E-state index contributed by atoms with van der Waals surface area (Å²) in [6.07, 6.45) is 0.939. The summed E-state index contributed by atoms with van der Waals surface area (Å²) < 4.78 is 10.4. The van der Waals surface area contributed by atoms with Crippen LogP contribution in [0.3, 0.4) is 0 Å². The summed E-state index contributed by atoms with van der Waals surface area (Å²) in [5.74, 6) is -0.0232. The molecule has 0 aliphatic carbocycles. The highest BCUT2D eigenvalue weighted by atomic mass is 16.5. The quantitative estimate of drug-likeness (QED) is 0.834. The van der Waals surface area contributed by atoms with E-state index >= 15 is 0 Å². The van der Waals surface area contributed by atoms with Gasteiger partial charge in [-0.2, -0.15) is 0 Å². The standard InChI is InChI=1S/C18H19N3O4/c1-24-16-13-10-20(17(22)15-7-8-19-25-15)11-14(13)21(18(16)23)9-12-5-3-2-4-6-12/h2-8,13-14,16H,9-11H2,1H3/t13-,14+,16-/m0/s1. The molecule has 1 aromatic carbocycles. The number of amides is 2. The Bertz CT molecular complexity index is 762. The Labute approximate surface area is 145 Å². The zero-order valence-corrected chi connectivity index (χ0v) is 13.9. The van der Waals surface area contributed by atoms with Crippen LogP contribution in [0.2, 0.25) is 0 Å². The Morgan fingerprint density at radius 1 is 1.28 bits per heavy atom. The van der Waals surface area contributed by atoms with E-state index in [4.69, 9.17) is 9.26 Å². The molecule has 1 aromatic heterocycles. The maximum absolute atomic E-state index is 12.7. The summed E-state index contributed by atoms with van der Waals surface area (Å²) in [6.45, 7) is 1.47. The van der Waals surface area contributed by atoms with Crippen LogP contribution in [0.5, 0.6) is 0 Å². The van der Waals surface area contributed by atoms with Crippen molar-refractivity contribution in [1.29, 1.82) is 0 Å². The van der Waals surface area contributed by atoms with Crippen LogP contribution in [0.25, 0.3) is 0 Å². The van der Waals surface area contributed by atoms with Crippen LogP contribution in [0, 0.1) is 5.92 Å². The molecule has 3 heterocycles. The summed E-state index contributed by atoms with van der Waals surface area (Å²) in [6, 6.07) is 11.3.